The predicted octanol–water partition coefficient (Wildman–Crippen LogP) is 1.84. The SMILES string of the molecule is CC(C(=O)Nc1nccs1)N1CCC(Nc2cccnn2)CC1. The summed E-state index contributed by atoms with van der Waals surface area (Å²) in [4.78, 5) is 18.6. The Kier molecular flexibility index (Phi) is 5.14. The summed E-state index contributed by atoms with van der Waals surface area (Å²) in [5.41, 5.74) is 0. The Morgan fingerprint density at radius 1 is 1.39 bits per heavy atom. The molecule has 0 saturated carbocycles. The van der Waals surface area contributed by atoms with Crippen LogP contribution >= 0.6 is 11.3 Å². The molecule has 1 fully saturated rings. The predicted molar refractivity (Wildman–Crippen MR) is 90.5 cm³/mol. The van der Waals surface area contributed by atoms with Crippen LogP contribution in [-0.4, -0.2) is 51.2 Å². The zero-order valence-electron chi connectivity index (χ0n) is 13.0. The second-order valence-electron chi connectivity index (χ2n) is 5.57. The summed E-state index contributed by atoms with van der Waals surface area (Å²) in [6, 6.07) is 4.01. The van der Waals surface area contributed by atoms with Crippen molar-refractivity contribution in [1.82, 2.24) is 20.1 Å². The van der Waals surface area contributed by atoms with Gasteiger partial charge >= 0.3 is 0 Å². The molecular formula is C15H20N6OS. The first-order valence-electron chi connectivity index (χ1n) is 7.71. The van der Waals surface area contributed by atoms with Crippen LogP contribution in [0.2, 0.25) is 0 Å². The van der Waals surface area contributed by atoms with E-state index in [4.69, 9.17) is 0 Å². The van der Waals surface area contributed by atoms with Gasteiger partial charge in [0.15, 0.2) is 5.13 Å². The molecule has 2 aromatic heterocycles. The van der Waals surface area contributed by atoms with E-state index in [-0.39, 0.29) is 11.9 Å². The molecule has 1 aliphatic rings. The number of amides is 1. The number of nitrogens with one attached hydrogen (secondary N) is 2. The molecule has 7 nitrogen and oxygen atoms in total. The van der Waals surface area contributed by atoms with Crippen molar-refractivity contribution in [3.8, 4) is 0 Å². The number of hydrogen-bond acceptors (Lipinski definition) is 7. The lowest BCUT2D eigenvalue weighted by molar-refractivity contribution is -0.121. The molecule has 1 aliphatic heterocycles. The zero-order valence-corrected chi connectivity index (χ0v) is 13.8. The summed E-state index contributed by atoms with van der Waals surface area (Å²) in [7, 11) is 0. The smallest absolute Gasteiger partial charge is 0.243 e. The van der Waals surface area contributed by atoms with Crippen molar-refractivity contribution in [2.75, 3.05) is 23.7 Å². The van der Waals surface area contributed by atoms with Crippen molar-refractivity contribution in [2.45, 2.75) is 31.8 Å². The Balaban J connectivity index is 1.47. The van der Waals surface area contributed by atoms with Gasteiger partial charge in [0.1, 0.15) is 5.82 Å². The largest absolute Gasteiger partial charge is 0.366 e. The van der Waals surface area contributed by atoms with Crippen molar-refractivity contribution >= 4 is 28.2 Å². The Morgan fingerprint density at radius 2 is 2.22 bits per heavy atom. The molecule has 0 radical (unpaired) electrons. The first-order chi connectivity index (χ1) is 11.2. The first-order valence-corrected chi connectivity index (χ1v) is 8.59. The van der Waals surface area contributed by atoms with Gasteiger partial charge < -0.3 is 10.6 Å². The van der Waals surface area contributed by atoms with E-state index in [1.54, 1.807) is 12.4 Å². The van der Waals surface area contributed by atoms with Gasteiger partial charge in [-0.3, -0.25) is 9.69 Å². The van der Waals surface area contributed by atoms with Gasteiger partial charge in [0.25, 0.3) is 0 Å². The third kappa shape index (κ3) is 4.23. The van der Waals surface area contributed by atoms with Crippen LogP contribution in [-0.2, 0) is 4.79 Å². The van der Waals surface area contributed by atoms with Gasteiger partial charge in [0.05, 0.1) is 6.04 Å². The third-order valence-electron chi connectivity index (χ3n) is 4.04. The number of nitrogens with zero attached hydrogens (tertiary/aromatic N) is 4. The molecule has 2 aromatic rings. The number of carbonyl (C=O) groups is 1. The Hall–Kier alpha value is -2.06. The fraction of sp³-hybridized carbons (Fsp3) is 0.467. The third-order valence-corrected chi connectivity index (χ3v) is 4.73. The molecule has 1 amide bonds. The maximum Gasteiger partial charge on any atom is 0.243 e. The number of carbonyl (C=O) groups excluding carboxylic acids is 1. The van der Waals surface area contributed by atoms with Crippen molar-refractivity contribution in [3.05, 3.63) is 29.9 Å². The van der Waals surface area contributed by atoms with E-state index in [2.05, 4.69) is 30.7 Å². The van der Waals surface area contributed by atoms with Gasteiger partial charge in [0, 0.05) is 36.9 Å². The van der Waals surface area contributed by atoms with E-state index in [9.17, 15) is 4.79 Å². The van der Waals surface area contributed by atoms with Gasteiger partial charge in [-0.1, -0.05) is 0 Å². The van der Waals surface area contributed by atoms with E-state index < -0.39 is 0 Å². The molecule has 1 unspecified atom stereocenters. The number of aromatic nitrogens is 3. The highest BCUT2D eigenvalue weighted by Crippen LogP contribution is 2.18. The Labute approximate surface area is 139 Å². The lowest BCUT2D eigenvalue weighted by atomic mass is 10.0. The minimum atomic E-state index is -0.156. The summed E-state index contributed by atoms with van der Waals surface area (Å²) in [5.74, 6) is 0.806. The molecule has 23 heavy (non-hydrogen) atoms. The van der Waals surface area contributed by atoms with Crippen LogP contribution in [0.4, 0.5) is 10.9 Å². The Bertz CT molecular complexity index is 612. The number of anilines is 2. The molecule has 0 bridgehead atoms. The molecular weight excluding hydrogens is 312 g/mol. The summed E-state index contributed by atoms with van der Waals surface area (Å²) in [5, 5.41) is 16.7. The van der Waals surface area contributed by atoms with Crippen molar-refractivity contribution in [2.24, 2.45) is 0 Å². The molecule has 1 atom stereocenters. The van der Waals surface area contributed by atoms with Crippen LogP contribution in [0.1, 0.15) is 19.8 Å². The van der Waals surface area contributed by atoms with Crippen LogP contribution < -0.4 is 10.6 Å². The number of hydrogen-bond donors (Lipinski definition) is 2. The van der Waals surface area contributed by atoms with Gasteiger partial charge in [-0.2, -0.15) is 5.10 Å². The van der Waals surface area contributed by atoms with Crippen molar-refractivity contribution in [3.63, 3.8) is 0 Å². The van der Waals surface area contributed by atoms with E-state index in [0.717, 1.165) is 31.7 Å². The van der Waals surface area contributed by atoms with Gasteiger partial charge in [-0.25, -0.2) is 4.98 Å². The zero-order chi connectivity index (χ0) is 16.1. The van der Waals surface area contributed by atoms with Crippen LogP contribution in [0.15, 0.2) is 29.9 Å². The summed E-state index contributed by atoms with van der Waals surface area (Å²) >= 11 is 1.43. The summed E-state index contributed by atoms with van der Waals surface area (Å²) in [6.07, 6.45) is 5.31. The van der Waals surface area contributed by atoms with E-state index in [1.807, 2.05) is 24.4 Å². The highest BCUT2D eigenvalue weighted by molar-refractivity contribution is 7.13. The standard InChI is InChI=1S/C15H20N6OS/c1-11(14(22)19-15-16-7-10-23-15)21-8-4-12(5-9-21)18-13-3-2-6-17-20-13/h2-3,6-7,10-12H,4-5,8-9H2,1H3,(H,18,20)(H,16,19,22). The maximum absolute atomic E-state index is 12.3. The molecule has 1 saturated heterocycles. The highest BCUT2D eigenvalue weighted by atomic mass is 32.1. The molecule has 3 rings (SSSR count). The van der Waals surface area contributed by atoms with Gasteiger partial charge in [-0.05, 0) is 31.9 Å². The van der Waals surface area contributed by atoms with E-state index >= 15 is 0 Å². The fourth-order valence-corrected chi connectivity index (χ4v) is 3.21. The van der Waals surface area contributed by atoms with Crippen molar-refractivity contribution in [1.29, 1.82) is 0 Å². The maximum atomic E-state index is 12.3. The second-order valence-corrected chi connectivity index (χ2v) is 6.46. The molecule has 0 aromatic carbocycles. The van der Waals surface area contributed by atoms with E-state index in [0.29, 0.717) is 11.2 Å². The fourth-order valence-electron chi connectivity index (χ4n) is 2.68. The highest BCUT2D eigenvalue weighted by Gasteiger charge is 2.27. The summed E-state index contributed by atoms with van der Waals surface area (Å²) < 4.78 is 0. The van der Waals surface area contributed by atoms with Crippen molar-refractivity contribution < 1.29 is 4.79 Å². The van der Waals surface area contributed by atoms with Crippen LogP contribution in [0, 0.1) is 0 Å². The minimum Gasteiger partial charge on any atom is -0.366 e. The van der Waals surface area contributed by atoms with Crippen LogP contribution in [0.3, 0.4) is 0 Å². The van der Waals surface area contributed by atoms with E-state index in [1.165, 1.54) is 11.3 Å². The number of likely N-dealkylation sites (tertiary alicyclic amines) is 1. The lowest BCUT2D eigenvalue weighted by Crippen LogP contribution is -2.48. The molecule has 122 valence electrons. The number of thiazole rings is 1. The average Bonchev–Trinajstić information content (AvgIpc) is 3.09. The minimum absolute atomic E-state index is 0.000264. The normalized spacial score (nSPS) is 17.6. The molecule has 0 spiro atoms. The van der Waals surface area contributed by atoms with Gasteiger partial charge in [0.2, 0.25) is 5.91 Å². The second kappa shape index (κ2) is 7.47. The Morgan fingerprint density at radius 3 is 2.87 bits per heavy atom. The number of rotatable bonds is 5. The lowest BCUT2D eigenvalue weighted by Gasteiger charge is -2.35. The topological polar surface area (TPSA) is 83.0 Å². The quantitative estimate of drug-likeness (QED) is 0.869. The molecule has 2 N–H and O–H groups in total. The van der Waals surface area contributed by atoms with Gasteiger partial charge in [-0.15, -0.1) is 16.4 Å². The van der Waals surface area contributed by atoms with Crippen LogP contribution in [0.25, 0.3) is 0 Å². The number of piperidine rings is 1. The van der Waals surface area contributed by atoms with Crippen LogP contribution in [0.5, 0.6) is 0 Å². The average molecular weight is 332 g/mol. The first kappa shape index (κ1) is 15.8. The summed E-state index contributed by atoms with van der Waals surface area (Å²) in [6.45, 7) is 3.70. The molecule has 8 heteroatoms. The monoisotopic (exact) mass is 332 g/mol. The molecule has 3 heterocycles. The molecule has 0 aliphatic carbocycles.